The summed E-state index contributed by atoms with van der Waals surface area (Å²) in [5.74, 6) is 0. The van der Waals surface area contributed by atoms with E-state index < -0.39 is 6.10 Å². The van der Waals surface area contributed by atoms with E-state index >= 15 is 0 Å². The van der Waals surface area contributed by atoms with Gasteiger partial charge in [-0.1, -0.05) is 30.3 Å². The number of hydrogen-bond donors (Lipinski definition) is 1. The standard InChI is InChI=1S/C13H19NO2/c1-11(15)13-10-14(7-8-16-13)9-12-5-3-2-4-6-12/h2-6,11,13,15H,7-10H2,1H3/t11-,13?/m1/s1. The second-order valence-electron chi connectivity index (χ2n) is 4.37. The summed E-state index contributed by atoms with van der Waals surface area (Å²) in [7, 11) is 0. The van der Waals surface area contributed by atoms with Gasteiger partial charge in [-0.2, -0.15) is 0 Å². The number of morpholine rings is 1. The lowest BCUT2D eigenvalue weighted by atomic mass is 10.1. The van der Waals surface area contributed by atoms with Gasteiger partial charge in [0.15, 0.2) is 0 Å². The van der Waals surface area contributed by atoms with Crippen LogP contribution in [0, 0.1) is 0 Å². The van der Waals surface area contributed by atoms with E-state index in [1.54, 1.807) is 6.92 Å². The fraction of sp³-hybridized carbons (Fsp3) is 0.538. The van der Waals surface area contributed by atoms with Gasteiger partial charge in [-0.25, -0.2) is 0 Å². The van der Waals surface area contributed by atoms with Gasteiger partial charge >= 0.3 is 0 Å². The molecule has 2 atom stereocenters. The van der Waals surface area contributed by atoms with E-state index in [2.05, 4.69) is 29.2 Å². The zero-order valence-electron chi connectivity index (χ0n) is 9.67. The Morgan fingerprint density at radius 1 is 1.44 bits per heavy atom. The van der Waals surface area contributed by atoms with Crippen molar-refractivity contribution in [3.05, 3.63) is 35.9 Å². The topological polar surface area (TPSA) is 32.7 Å². The summed E-state index contributed by atoms with van der Waals surface area (Å²) >= 11 is 0. The molecule has 0 spiro atoms. The number of ether oxygens (including phenoxy) is 1. The Hall–Kier alpha value is -0.900. The summed E-state index contributed by atoms with van der Waals surface area (Å²) in [6.07, 6.45) is -0.434. The lowest BCUT2D eigenvalue weighted by molar-refractivity contribution is -0.0845. The first kappa shape index (κ1) is 11.6. The predicted octanol–water partition coefficient (Wildman–Crippen LogP) is 1.27. The van der Waals surface area contributed by atoms with Gasteiger partial charge in [-0.15, -0.1) is 0 Å². The fourth-order valence-electron chi connectivity index (χ4n) is 2.01. The highest BCUT2D eigenvalue weighted by Crippen LogP contribution is 2.12. The molecular formula is C13H19NO2. The van der Waals surface area contributed by atoms with Crippen molar-refractivity contribution in [2.24, 2.45) is 0 Å². The first-order valence-electron chi connectivity index (χ1n) is 5.81. The zero-order valence-corrected chi connectivity index (χ0v) is 9.67. The summed E-state index contributed by atoms with van der Waals surface area (Å²) in [5, 5.41) is 9.51. The molecule has 0 saturated carbocycles. The van der Waals surface area contributed by atoms with Gasteiger partial charge in [-0.05, 0) is 12.5 Å². The number of rotatable bonds is 3. The van der Waals surface area contributed by atoms with Crippen LogP contribution in [0.1, 0.15) is 12.5 Å². The fourth-order valence-corrected chi connectivity index (χ4v) is 2.01. The molecule has 2 rings (SSSR count). The Labute approximate surface area is 96.6 Å². The molecule has 1 unspecified atom stereocenters. The van der Waals surface area contributed by atoms with Crippen LogP contribution >= 0.6 is 0 Å². The van der Waals surface area contributed by atoms with Crippen LogP contribution in [0.15, 0.2) is 30.3 Å². The lowest BCUT2D eigenvalue weighted by Crippen LogP contribution is -2.46. The third-order valence-corrected chi connectivity index (χ3v) is 2.96. The van der Waals surface area contributed by atoms with Crippen molar-refractivity contribution >= 4 is 0 Å². The molecule has 3 nitrogen and oxygen atoms in total. The first-order valence-corrected chi connectivity index (χ1v) is 5.81. The molecule has 3 heteroatoms. The first-order chi connectivity index (χ1) is 7.75. The van der Waals surface area contributed by atoms with E-state index in [-0.39, 0.29) is 6.10 Å². The minimum atomic E-state index is -0.390. The van der Waals surface area contributed by atoms with E-state index in [0.717, 1.165) is 19.6 Å². The van der Waals surface area contributed by atoms with E-state index in [0.29, 0.717) is 6.61 Å². The highest BCUT2D eigenvalue weighted by molar-refractivity contribution is 5.14. The molecule has 88 valence electrons. The smallest absolute Gasteiger partial charge is 0.0958 e. The summed E-state index contributed by atoms with van der Waals surface area (Å²) < 4.78 is 5.52. The van der Waals surface area contributed by atoms with Crippen LogP contribution in [-0.4, -0.2) is 41.9 Å². The average Bonchev–Trinajstić information content (AvgIpc) is 2.30. The molecule has 1 aromatic rings. The maximum atomic E-state index is 9.51. The van der Waals surface area contributed by atoms with Crippen LogP contribution in [0.5, 0.6) is 0 Å². The molecule has 1 aliphatic rings. The highest BCUT2D eigenvalue weighted by atomic mass is 16.5. The molecule has 0 aliphatic carbocycles. The van der Waals surface area contributed by atoms with Crippen LogP contribution in [0.2, 0.25) is 0 Å². The quantitative estimate of drug-likeness (QED) is 0.834. The van der Waals surface area contributed by atoms with Crippen molar-refractivity contribution in [2.75, 3.05) is 19.7 Å². The Morgan fingerprint density at radius 3 is 2.88 bits per heavy atom. The van der Waals surface area contributed by atoms with Crippen LogP contribution in [0.4, 0.5) is 0 Å². The van der Waals surface area contributed by atoms with Crippen LogP contribution in [0.25, 0.3) is 0 Å². The molecule has 16 heavy (non-hydrogen) atoms. The molecule has 1 aliphatic heterocycles. The second-order valence-corrected chi connectivity index (χ2v) is 4.37. The highest BCUT2D eigenvalue weighted by Gasteiger charge is 2.23. The van der Waals surface area contributed by atoms with Gasteiger partial charge in [0, 0.05) is 19.6 Å². The molecule has 1 saturated heterocycles. The number of hydrogen-bond acceptors (Lipinski definition) is 3. The third-order valence-electron chi connectivity index (χ3n) is 2.96. The van der Waals surface area contributed by atoms with Crippen molar-refractivity contribution in [1.29, 1.82) is 0 Å². The molecule has 0 bridgehead atoms. The second kappa shape index (κ2) is 5.43. The van der Waals surface area contributed by atoms with Crippen molar-refractivity contribution in [2.45, 2.75) is 25.7 Å². The zero-order chi connectivity index (χ0) is 11.4. The summed E-state index contributed by atoms with van der Waals surface area (Å²) in [6, 6.07) is 10.4. The molecular weight excluding hydrogens is 202 g/mol. The van der Waals surface area contributed by atoms with Crippen molar-refractivity contribution in [3.8, 4) is 0 Å². The van der Waals surface area contributed by atoms with Gasteiger partial charge in [0.1, 0.15) is 0 Å². The number of nitrogens with zero attached hydrogens (tertiary/aromatic N) is 1. The van der Waals surface area contributed by atoms with Gasteiger partial charge in [0.05, 0.1) is 18.8 Å². The SMILES string of the molecule is C[C@@H](O)C1CN(Cc2ccccc2)CCO1. The van der Waals surface area contributed by atoms with Crippen molar-refractivity contribution in [3.63, 3.8) is 0 Å². The molecule has 1 fully saturated rings. The minimum absolute atomic E-state index is 0.0440. The van der Waals surface area contributed by atoms with Gasteiger partial charge in [0.2, 0.25) is 0 Å². The van der Waals surface area contributed by atoms with E-state index in [1.165, 1.54) is 5.56 Å². The maximum Gasteiger partial charge on any atom is 0.0958 e. The van der Waals surface area contributed by atoms with E-state index in [9.17, 15) is 5.11 Å². The monoisotopic (exact) mass is 221 g/mol. The number of benzene rings is 1. The van der Waals surface area contributed by atoms with E-state index in [4.69, 9.17) is 4.74 Å². The molecule has 0 radical (unpaired) electrons. The summed E-state index contributed by atoms with van der Waals surface area (Å²) in [5.41, 5.74) is 1.31. The molecule has 1 heterocycles. The normalized spacial score (nSPS) is 24.2. The molecule has 0 amide bonds. The van der Waals surface area contributed by atoms with Gasteiger partial charge < -0.3 is 9.84 Å². The molecule has 0 aromatic heterocycles. The largest absolute Gasteiger partial charge is 0.391 e. The van der Waals surface area contributed by atoms with E-state index in [1.807, 2.05) is 6.07 Å². The van der Waals surface area contributed by atoms with Crippen LogP contribution in [0.3, 0.4) is 0 Å². The predicted molar refractivity (Wildman–Crippen MR) is 63.1 cm³/mol. The lowest BCUT2D eigenvalue weighted by Gasteiger charge is -2.34. The van der Waals surface area contributed by atoms with Crippen molar-refractivity contribution < 1.29 is 9.84 Å². The Morgan fingerprint density at radius 2 is 2.19 bits per heavy atom. The number of aliphatic hydroxyl groups excluding tert-OH is 1. The molecule has 1 N–H and O–H groups in total. The summed E-state index contributed by atoms with van der Waals surface area (Å²) in [4.78, 5) is 2.33. The molecule has 1 aromatic carbocycles. The third kappa shape index (κ3) is 3.04. The minimum Gasteiger partial charge on any atom is -0.391 e. The van der Waals surface area contributed by atoms with Gasteiger partial charge in [-0.3, -0.25) is 4.90 Å². The van der Waals surface area contributed by atoms with Gasteiger partial charge in [0.25, 0.3) is 0 Å². The number of aliphatic hydroxyl groups is 1. The average molecular weight is 221 g/mol. The van der Waals surface area contributed by atoms with Crippen LogP contribution < -0.4 is 0 Å². The Kier molecular flexibility index (Phi) is 3.93. The maximum absolute atomic E-state index is 9.51. The van der Waals surface area contributed by atoms with Crippen molar-refractivity contribution in [1.82, 2.24) is 4.90 Å². The van der Waals surface area contributed by atoms with Crippen LogP contribution in [-0.2, 0) is 11.3 Å². The summed E-state index contributed by atoms with van der Waals surface area (Å²) in [6.45, 7) is 5.19. The Bertz CT molecular complexity index is 313. The Balaban J connectivity index is 1.90.